The zero-order valence-corrected chi connectivity index (χ0v) is 9.29. The van der Waals surface area contributed by atoms with E-state index < -0.39 is 5.97 Å². The molecule has 16 heavy (non-hydrogen) atoms. The van der Waals surface area contributed by atoms with Crippen LogP contribution < -0.4 is 5.73 Å². The number of ether oxygens (including phenoxy) is 1. The number of rotatable bonds is 3. The van der Waals surface area contributed by atoms with Crippen LogP contribution in [0.1, 0.15) is 18.1 Å². The van der Waals surface area contributed by atoms with Crippen LogP contribution in [-0.4, -0.2) is 12.6 Å². The zero-order valence-electron chi connectivity index (χ0n) is 9.29. The lowest BCUT2D eigenvalue weighted by atomic mass is 10.1. The topological polar surface area (TPSA) is 52.3 Å². The summed E-state index contributed by atoms with van der Waals surface area (Å²) in [6.07, 6.45) is 1.19. The molecule has 3 nitrogen and oxygen atoms in total. The van der Waals surface area contributed by atoms with Crippen molar-refractivity contribution < 1.29 is 13.9 Å². The average Bonchev–Trinajstić information content (AvgIpc) is 2.22. The molecule has 0 bridgehead atoms. The molecule has 0 saturated heterocycles. The van der Waals surface area contributed by atoms with Gasteiger partial charge in [0.05, 0.1) is 6.61 Å². The minimum atomic E-state index is -0.498. The molecular weight excluding hydrogens is 209 g/mol. The van der Waals surface area contributed by atoms with Crippen LogP contribution in [0.25, 0.3) is 5.70 Å². The molecule has 1 aromatic rings. The minimum absolute atomic E-state index is 0.265. The Bertz CT molecular complexity index is 427. The molecule has 0 heterocycles. The van der Waals surface area contributed by atoms with Gasteiger partial charge in [-0.15, -0.1) is 0 Å². The summed E-state index contributed by atoms with van der Waals surface area (Å²) in [7, 11) is 0. The smallest absolute Gasteiger partial charge is 0.332 e. The first kappa shape index (κ1) is 12.2. The Balaban J connectivity index is 2.91. The lowest BCUT2D eigenvalue weighted by Gasteiger charge is -2.04. The number of nitrogens with two attached hydrogens (primary N) is 1. The van der Waals surface area contributed by atoms with Crippen LogP contribution in [0.2, 0.25) is 0 Å². The summed E-state index contributed by atoms with van der Waals surface area (Å²) in [5.74, 6) is -0.797. The molecule has 0 amide bonds. The van der Waals surface area contributed by atoms with Crippen LogP contribution in [0.3, 0.4) is 0 Å². The monoisotopic (exact) mass is 223 g/mol. The molecule has 4 heteroatoms. The number of carbonyl (C=O) groups excluding carboxylic acids is 1. The van der Waals surface area contributed by atoms with Crippen LogP contribution in [0.15, 0.2) is 24.3 Å². The third-order valence-corrected chi connectivity index (χ3v) is 2.05. The molecule has 0 aromatic heterocycles. The van der Waals surface area contributed by atoms with Crippen molar-refractivity contribution in [1.29, 1.82) is 0 Å². The van der Waals surface area contributed by atoms with Gasteiger partial charge in [-0.25, -0.2) is 9.18 Å². The molecule has 0 atom stereocenters. The Morgan fingerprint density at radius 2 is 2.25 bits per heavy atom. The molecule has 86 valence electrons. The molecule has 0 unspecified atom stereocenters. The molecule has 0 aliphatic carbocycles. The number of benzene rings is 1. The first-order valence-corrected chi connectivity index (χ1v) is 4.95. The molecule has 0 radical (unpaired) electrons. The molecule has 1 rings (SSSR count). The van der Waals surface area contributed by atoms with Gasteiger partial charge >= 0.3 is 5.97 Å². The van der Waals surface area contributed by atoms with Crippen LogP contribution in [0, 0.1) is 12.7 Å². The quantitative estimate of drug-likeness (QED) is 0.629. The van der Waals surface area contributed by atoms with Crippen LogP contribution in [0.5, 0.6) is 0 Å². The van der Waals surface area contributed by atoms with Crippen LogP contribution in [-0.2, 0) is 9.53 Å². The lowest BCUT2D eigenvalue weighted by Crippen LogP contribution is -2.05. The molecule has 0 aliphatic heterocycles. The first-order chi connectivity index (χ1) is 7.54. The fourth-order valence-corrected chi connectivity index (χ4v) is 1.22. The summed E-state index contributed by atoms with van der Waals surface area (Å²) in [6, 6.07) is 4.42. The van der Waals surface area contributed by atoms with Crippen molar-refractivity contribution >= 4 is 11.7 Å². The highest BCUT2D eigenvalue weighted by atomic mass is 19.1. The van der Waals surface area contributed by atoms with Crippen molar-refractivity contribution in [3.63, 3.8) is 0 Å². The maximum Gasteiger partial charge on any atom is 0.332 e. The molecule has 0 saturated carbocycles. The van der Waals surface area contributed by atoms with E-state index in [0.29, 0.717) is 17.7 Å². The van der Waals surface area contributed by atoms with Gasteiger partial charge in [-0.05, 0) is 43.2 Å². The lowest BCUT2D eigenvalue weighted by molar-refractivity contribution is -0.137. The third-order valence-electron chi connectivity index (χ3n) is 2.05. The maximum atomic E-state index is 13.0. The van der Waals surface area contributed by atoms with E-state index in [9.17, 15) is 9.18 Å². The number of aryl methyl sites for hydroxylation is 1. The van der Waals surface area contributed by atoms with E-state index in [2.05, 4.69) is 0 Å². The highest BCUT2D eigenvalue weighted by Gasteiger charge is 2.04. The zero-order chi connectivity index (χ0) is 12.1. The van der Waals surface area contributed by atoms with Gasteiger partial charge in [-0.3, -0.25) is 0 Å². The van der Waals surface area contributed by atoms with Crippen molar-refractivity contribution in [2.24, 2.45) is 5.73 Å². The molecule has 0 fully saturated rings. The Morgan fingerprint density at radius 3 is 2.81 bits per heavy atom. The fraction of sp³-hybridized carbons (Fsp3) is 0.250. The van der Waals surface area contributed by atoms with E-state index in [4.69, 9.17) is 10.5 Å². The molecular formula is C12H14FNO2. The number of hydrogen-bond donors (Lipinski definition) is 1. The first-order valence-electron chi connectivity index (χ1n) is 4.95. The fourth-order valence-electron chi connectivity index (χ4n) is 1.22. The minimum Gasteiger partial charge on any atom is -0.463 e. The maximum absolute atomic E-state index is 13.0. The van der Waals surface area contributed by atoms with E-state index in [1.807, 2.05) is 0 Å². The predicted octanol–water partition coefficient (Wildman–Crippen LogP) is 2.00. The second-order valence-corrected chi connectivity index (χ2v) is 3.32. The number of halogens is 1. The Kier molecular flexibility index (Phi) is 4.05. The number of hydrogen-bond acceptors (Lipinski definition) is 3. The highest BCUT2D eigenvalue weighted by molar-refractivity contribution is 5.90. The van der Waals surface area contributed by atoms with E-state index in [0.717, 1.165) is 0 Å². The molecule has 0 spiro atoms. The van der Waals surface area contributed by atoms with Crippen molar-refractivity contribution in [2.45, 2.75) is 13.8 Å². The summed E-state index contributed by atoms with van der Waals surface area (Å²) in [5, 5.41) is 0. The van der Waals surface area contributed by atoms with Gasteiger partial charge in [0.15, 0.2) is 0 Å². The van der Waals surface area contributed by atoms with E-state index >= 15 is 0 Å². The van der Waals surface area contributed by atoms with E-state index in [1.165, 1.54) is 18.2 Å². The SMILES string of the molecule is CCOC(=O)/C=C(\N)c1ccc(F)c(C)c1. The summed E-state index contributed by atoms with van der Waals surface area (Å²) in [6.45, 7) is 3.64. The Morgan fingerprint density at radius 1 is 1.56 bits per heavy atom. The van der Waals surface area contributed by atoms with Gasteiger partial charge in [0.1, 0.15) is 5.82 Å². The second-order valence-electron chi connectivity index (χ2n) is 3.32. The van der Waals surface area contributed by atoms with Gasteiger partial charge in [-0.2, -0.15) is 0 Å². The van der Waals surface area contributed by atoms with Crippen molar-refractivity contribution in [2.75, 3.05) is 6.61 Å². The van der Waals surface area contributed by atoms with Gasteiger partial charge in [0.25, 0.3) is 0 Å². The van der Waals surface area contributed by atoms with Crippen LogP contribution >= 0.6 is 0 Å². The van der Waals surface area contributed by atoms with Gasteiger partial charge in [-0.1, -0.05) is 0 Å². The number of esters is 1. The normalized spacial score (nSPS) is 11.3. The van der Waals surface area contributed by atoms with Crippen molar-refractivity contribution in [3.8, 4) is 0 Å². The van der Waals surface area contributed by atoms with Crippen molar-refractivity contribution in [3.05, 3.63) is 41.2 Å². The molecule has 0 aliphatic rings. The van der Waals surface area contributed by atoms with Gasteiger partial charge < -0.3 is 10.5 Å². The largest absolute Gasteiger partial charge is 0.463 e. The Labute approximate surface area is 93.7 Å². The van der Waals surface area contributed by atoms with Crippen molar-refractivity contribution in [1.82, 2.24) is 0 Å². The summed E-state index contributed by atoms with van der Waals surface area (Å²) in [4.78, 5) is 11.1. The average molecular weight is 223 g/mol. The van der Waals surface area contributed by atoms with E-state index in [1.54, 1.807) is 19.9 Å². The van der Waals surface area contributed by atoms with Crippen LogP contribution in [0.4, 0.5) is 4.39 Å². The highest BCUT2D eigenvalue weighted by Crippen LogP contribution is 2.14. The van der Waals surface area contributed by atoms with E-state index in [-0.39, 0.29) is 11.5 Å². The third kappa shape index (κ3) is 3.08. The Hall–Kier alpha value is -1.84. The van der Waals surface area contributed by atoms with Gasteiger partial charge in [0.2, 0.25) is 0 Å². The predicted molar refractivity (Wildman–Crippen MR) is 59.9 cm³/mol. The molecule has 2 N–H and O–H groups in total. The second kappa shape index (κ2) is 5.30. The summed E-state index contributed by atoms with van der Waals surface area (Å²) >= 11 is 0. The number of carbonyl (C=O) groups is 1. The standard InChI is InChI=1S/C12H14FNO2/c1-3-16-12(15)7-11(14)9-4-5-10(13)8(2)6-9/h4-7H,3,14H2,1-2H3/b11-7-. The summed E-state index contributed by atoms with van der Waals surface area (Å²) < 4.78 is 17.7. The molecule has 1 aromatic carbocycles. The van der Waals surface area contributed by atoms with Gasteiger partial charge in [0, 0.05) is 11.8 Å². The summed E-state index contributed by atoms with van der Waals surface area (Å²) in [5.41, 5.74) is 7.04.